The van der Waals surface area contributed by atoms with Crippen LogP contribution in [0.3, 0.4) is 0 Å². The molecule has 0 bridgehead atoms. The van der Waals surface area contributed by atoms with Crippen LogP contribution in [0.5, 0.6) is 5.75 Å². The van der Waals surface area contributed by atoms with Crippen molar-refractivity contribution in [1.29, 1.82) is 0 Å². The minimum Gasteiger partial charge on any atom is -0.489 e. The number of hydrogen-bond acceptors (Lipinski definition) is 6. The van der Waals surface area contributed by atoms with E-state index in [0.717, 1.165) is 16.7 Å². The first-order chi connectivity index (χ1) is 19.0. The Bertz CT molecular complexity index is 1420. The number of nitro groups is 1. The van der Waals surface area contributed by atoms with Gasteiger partial charge in [-0.1, -0.05) is 48.5 Å². The van der Waals surface area contributed by atoms with Gasteiger partial charge in [0.05, 0.1) is 23.6 Å². The minimum atomic E-state index is -0.527. The van der Waals surface area contributed by atoms with Gasteiger partial charge in [0.25, 0.3) is 11.6 Å². The average Bonchev–Trinajstić information content (AvgIpc) is 2.97. The molecule has 0 fully saturated rings. The topological polar surface area (TPSA) is 123 Å². The first-order valence-electron chi connectivity index (χ1n) is 12.2. The lowest BCUT2D eigenvalue weighted by molar-refractivity contribution is -0.384. The molecule has 4 rings (SSSR count). The van der Waals surface area contributed by atoms with Crippen molar-refractivity contribution in [3.63, 3.8) is 0 Å². The maximum absolute atomic E-state index is 12.7. The monoisotopic (exact) mass is 522 g/mol. The van der Waals surface area contributed by atoms with Crippen LogP contribution < -0.4 is 15.5 Å². The highest BCUT2D eigenvalue weighted by Gasteiger charge is 2.19. The normalized spacial score (nSPS) is 11.5. The molecule has 9 heteroatoms. The van der Waals surface area contributed by atoms with E-state index in [1.165, 1.54) is 18.3 Å². The van der Waals surface area contributed by atoms with Crippen LogP contribution in [0.25, 0.3) is 0 Å². The fourth-order valence-electron chi connectivity index (χ4n) is 3.71. The molecule has 0 heterocycles. The SMILES string of the molecule is O=C(C[C@@H](NC(=O)c1ccccc1)c1ccccc1)N/N=C\c1ccc(OCc2ccc([N+](=O)[O-])cc2)cc1. The van der Waals surface area contributed by atoms with E-state index >= 15 is 0 Å². The quantitative estimate of drug-likeness (QED) is 0.160. The van der Waals surface area contributed by atoms with Crippen molar-refractivity contribution in [1.82, 2.24) is 10.7 Å². The number of nitrogens with zero attached hydrogens (tertiary/aromatic N) is 2. The third kappa shape index (κ3) is 8.09. The molecule has 0 aromatic heterocycles. The van der Waals surface area contributed by atoms with Crippen LogP contribution in [0.4, 0.5) is 5.69 Å². The van der Waals surface area contributed by atoms with Crippen molar-refractivity contribution >= 4 is 23.7 Å². The van der Waals surface area contributed by atoms with Crippen molar-refractivity contribution in [3.05, 3.63) is 142 Å². The highest BCUT2D eigenvalue weighted by atomic mass is 16.6. The van der Waals surface area contributed by atoms with Gasteiger partial charge in [-0.15, -0.1) is 0 Å². The summed E-state index contributed by atoms with van der Waals surface area (Å²) < 4.78 is 5.72. The molecule has 9 nitrogen and oxygen atoms in total. The second-order valence-corrected chi connectivity index (χ2v) is 8.58. The van der Waals surface area contributed by atoms with Crippen molar-refractivity contribution in [2.45, 2.75) is 19.1 Å². The van der Waals surface area contributed by atoms with E-state index in [1.807, 2.05) is 36.4 Å². The molecule has 0 radical (unpaired) electrons. The summed E-state index contributed by atoms with van der Waals surface area (Å²) in [5.41, 5.74) is 5.42. The lowest BCUT2D eigenvalue weighted by Crippen LogP contribution is -2.32. The largest absolute Gasteiger partial charge is 0.489 e. The Balaban J connectivity index is 1.29. The Hall–Kier alpha value is -5.31. The van der Waals surface area contributed by atoms with E-state index in [1.54, 1.807) is 60.7 Å². The Morgan fingerprint density at radius 1 is 0.872 bits per heavy atom. The van der Waals surface area contributed by atoms with Crippen LogP contribution in [0, 0.1) is 10.1 Å². The van der Waals surface area contributed by atoms with Crippen LogP contribution in [0.15, 0.2) is 114 Å². The molecule has 0 aliphatic heterocycles. The third-order valence-corrected chi connectivity index (χ3v) is 5.77. The number of benzene rings is 4. The Morgan fingerprint density at radius 2 is 1.51 bits per heavy atom. The number of hydrazone groups is 1. The van der Waals surface area contributed by atoms with E-state index in [0.29, 0.717) is 11.3 Å². The second-order valence-electron chi connectivity index (χ2n) is 8.58. The van der Waals surface area contributed by atoms with Crippen LogP contribution in [-0.4, -0.2) is 23.0 Å². The highest BCUT2D eigenvalue weighted by molar-refractivity contribution is 5.94. The summed E-state index contributed by atoms with van der Waals surface area (Å²) in [6, 6.07) is 30.9. The number of nitro benzene ring substituents is 1. The van der Waals surface area contributed by atoms with Gasteiger partial charge in [-0.3, -0.25) is 19.7 Å². The molecule has 0 saturated heterocycles. The Kier molecular flexibility index (Phi) is 9.12. The first kappa shape index (κ1) is 26.7. The third-order valence-electron chi connectivity index (χ3n) is 5.77. The zero-order valence-corrected chi connectivity index (χ0v) is 20.9. The van der Waals surface area contributed by atoms with E-state index < -0.39 is 11.0 Å². The molecule has 0 unspecified atom stereocenters. The minimum absolute atomic E-state index is 0.00927. The van der Waals surface area contributed by atoms with Crippen molar-refractivity contribution in [2.75, 3.05) is 0 Å². The molecule has 0 spiro atoms. The van der Waals surface area contributed by atoms with E-state index in [4.69, 9.17) is 4.74 Å². The summed E-state index contributed by atoms with van der Waals surface area (Å²) in [5.74, 6) is 0.00237. The lowest BCUT2D eigenvalue weighted by atomic mass is 10.0. The average molecular weight is 523 g/mol. The number of carbonyl (C=O) groups is 2. The van der Waals surface area contributed by atoms with Gasteiger partial charge in [0, 0.05) is 17.7 Å². The predicted octanol–water partition coefficient (Wildman–Crippen LogP) is 5.19. The number of non-ortho nitro benzene ring substituents is 1. The van der Waals surface area contributed by atoms with Gasteiger partial charge in [-0.2, -0.15) is 5.10 Å². The summed E-state index contributed by atoms with van der Waals surface area (Å²) in [4.78, 5) is 35.6. The fraction of sp³-hybridized carbons (Fsp3) is 0.100. The van der Waals surface area contributed by atoms with E-state index in [-0.39, 0.29) is 30.5 Å². The van der Waals surface area contributed by atoms with Crippen molar-refractivity contribution < 1.29 is 19.2 Å². The zero-order chi connectivity index (χ0) is 27.5. The van der Waals surface area contributed by atoms with Crippen LogP contribution in [0.1, 0.15) is 39.5 Å². The number of nitrogens with one attached hydrogen (secondary N) is 2. The maximum atomic E-state index is 12.7. The van der Waals surface area contributed by atoms with Crippen molar-refractivity contribution in [3.8, 4) is 5.75 Å². The molecule has 2 amide bonds. The van der Waals surface area contributed by atoms with Crippen molar-refractivity contribution in [2.24, 2.45) is 5.10 Å². The van der Waals surface area contributed by atoms with Gasteiger partial charge in [0.2, 0.25) is 5.91 Å². The maximum Gasteiger partial charge on any atom is 0.269 e. The van der Waals surface area contributed by atoms with Gasteiger partial charge in [-0.05, 0) is 65.2 Å². The number of hydrogen-bond donors (Lipinski definition) is 2. The Morgan fingerprint density at radius 3 is 2.15 bits per heavy atom. The summed E-state index contributed by atoms with van der Waals surface area (Å²) in [6.45, 7) is 0.269. The zero-order valence-electron chi connectivity index (χ0n) is 20.9. The van der Waals surface area contributed by atoms with Crippen LogP contribution in [0.2, 0.25) is 0 Å². The number of ether oxygens (including phenoxy) is 1. The van der Waals surface area contributed by atoms with Gasteiger partial charge >= 0.3 is 0 Å². The van der Waals surface area contributed by atoms with Gasteiger partial charge in [0.15, 0.2) is 0 Å². The first-order valence-corrected chi connectivity index (χ1v) is 12.2. The summed E-state index contributed by atoms with van der Waals surface area (Å²) in [6.07, 6.45) is 1.52. The van der Waals surface area contributed by atoms with Crippen LogP contribution >= 0.6 is 0 Å². The molecule has 0 aliphatic carbocycles. The summed E-state index contributed by atoms with van der Waals surface area (Å²) >= 11 is 0. The van der Waals surface area contributed by atoms with Gasteiger partial charge in [-0.25, -0.2) is 5.43 Å². The fourth-order valence-corrected chi connectivity index (χ4v) is 3.71. The standard InChI is InChI=1S/C30H26N4O5/c35-29(19-28(24-7-3-1-4-8-24)32-30(36)25-9-5-2-6-10-25)33-31-20-22-13-17-27(18-14-22)39-21-23-11-15-26(16-12-23)34(37)38/h1-18,20,28H,19,21H2,(H,32,36)(H,33,35)/b31-20-/t28-/m1/s1. The van der Waals surface area contributed by atoms with Crippen LogP contribution in [-0.2, 0) is 11.4 Å². The molecule has 196 valence electrons. The van der Waals surface area contributed by atoms with Gasteiger partial charge in [0.1, 0.15) is 12.4 Å². The molecule has 4 aromatic rings. The second kappa shape index (κ2) is 13.3. The molecule has 2 N–H and O–H groups in total. The summed E-state index contributed by atoms with van der Waals surface area (Å²) in [7, 11) is 0. The molecule has 1 atom stereocenters. The van der Waals surface area contributed by atoms with E-state index in [2.05, 4.69) is 15.8 Å². The highest BCUT2D eigenvalue weighted by Crippen LogP contribution is 2.18. The number of carbonyl (C=O) groups excluding carboxylic acids is 2. The lowest BCUT2D eigenvalue weighted by Gasteiger charge is -2.18. The predicted molar refractivity (Wildman–Crippen MR) is 147 cm³/mol. The molecule has 39 heavy (non-hydrogen) atoms. The number of rotatable bonds is 11. The smallest absolute Gasteiger partial charge is 0.269 e. The van der Waals surface area contributed by atoms with Gasteiger partial charge < -0.3 is 10.1 Å². The molecular weight excluding hydrogens is 496 g/mol. The van der Waals surface area contributed by atoms with E-state index in [9.17, 15) is 19.7 Å². The Labute approximate surface area is 225 Å². The molecular formula is C30H26N4O5. The number of amides is 2. The molecule has 4 aromatic carbocycles. The molecule has 0 saturated carbocycles. The molecule has 0 aliphatic rings. The summed E-state index contributed by atoms with van der Waals surface area (Å²) in [5, 5.41) is 17.7.